The minimum absolute atomic E-state index is 0.0212. The molecule has 5 rings (SSSR count). The first-order chi connectivity index (χ1) is 21.4. The van der Waals surface area contributed by atoms with E-state index in [2.05, 4.69) is 20.8 Å². The van der Waals surface area contributed by atoms with E-state index in [1.807, 2.05) is 30.3 Å². The maximum atomic E-state index is 13.1. The molecule has 13 heteroatoms. The largest absolute Gasteiger partial charge is 0.497 e. The fraction of sp³-hybridized carbons (Fsp3) is 0.323. The molecule has 1 aliphatic carbocycles. The summed E-state index contributed by atoms with van der Waals surface area (Å²) in [6.45, 7) is 2.14. The number of halogens is 1. The molecule has 0 saturated carbocycles. The van der Waals surface area contributed by atoms with Crippen molar-refractivity contribution >= 4 is 57.5 Å². The highest BCUT2D eigenvalue weighted by Gasteiger charge is 2.27. The van der Waals surface area contributed by atoms with Crippen LogP contribution in [0.4, 0.5) is 5.00 Å². The van der Waals surface area contributed by atoms with Crippen LogP contribution in [0.1, 0.15) is 52.0 Å². The summed E-state index contributed by atoms with van der Waals surface area (Å²) in [5, 5.41) is 16.0. The molecule has 4 aromatic rings. The standard InChI is InChI=1S/C31H32ClN5O5S2/c1-3-42-30(40)28-23-9-4-5-10-24(23)44-29(28)34-27(39)18-43-31-36-35-25(37(31)21-8-6-7-20(32)16-21)17-33-26(38)15-19-11-13-22(41-2)14-12-19/h6-8,11-14,16H,3-5,9-10,15,17-18H2,1-2H3,(H,33,38)(H,34,39). The van der Waals surface area contributed by atoms with Crippen LogP contribution in [0.25, 0.3) is 5.69 Å². The molecule has 0 radical (unpaired) electrons. The molecule has 2 aromatic carbocycles. The maximum Gasteiger partial charge on any atom is 0.341 e. The van der Waals surface area contributed by atoms with Gasteiger partial charge in [0.15, 0.2) is 11.0 Å². The van der Waals surface area contributed by atoms with Gasteiger partial charge in [0.05, 0.1) is 43.7 Å². The number of thioether (sulfide) groups is 1. The van der Waals surface area contributed by atoms with Crippen molar-refractivity contribution in [3.8, 4) is 11.4 Å². The Morgan fingerprint density at radius 2 is 1.86 bits per heavy atom. The number of esters is 1. The first-order valence-corrected chi connectivity index (χ1v) is 16.4. The van der Waals surface area contributed by atoms with Crippen molar-refractivity contribution in [3.05, 3.63) is 80.9 Å². The molecule has 0 unspecified atom stereocenters. The average molecular weight is 654 g/mol. The zero-order chi connectivity index (χ0) is 31.1. The third-order valence-electron chi connectivity index (χ3n) is 6.97. The summed E-state index contributed by atoms with van der Waals surface area (Å²) in [6, 6.07) is 14.5. The third-order valence-corrected chi connectivity index (χ3v) is 9.34. The molecule has 2 N–H and O–H groups in total. The van der Waals surface area contributed by atoms with Crippen molar-refractivity contribution in [2.45, 2.75) is 50.7 Å². The van der Waals surface area contributed by atoms with Gasteiger partial charge in [0, 0.05) is 9.90 Å². The number of nitrogens with zero attached hydrogens (tertiary/aromatic N) is 3. The van der Waals surface area contributed by atoms with Crippen molar-refractivity contribution in [2.75, 3.05) is 24.8 Å². The molecule has 2 aromatic heterocycles. The molecule has 0 bridgehead atoms. The third kappa shape index (κ3) is 7.61. The quantitative estimate of drug-likeness (QED) is 0.149. The van der Waals surface area contributed by atoms with Crippen LogP contribution in [0.5, 0.6) is 5.75 Å². The van der Waals surface area contributed by atoms with Gasteiger partial charge in [-0.05, 0) is 74.1 Å². The predicted octanol–water partition coefficient (Wildman–Crippen LogP) is 5.64. The summed E-state index contributed by atoms with van der Waals surface area (Å²) in [6.07, 6.45) is 3.94. The van der Waals surface area contributed by atoms with Crippen LogP contribution in [0.2, 0.25) is 5.02 Å². The molecule has 0 saturated heterocycles. The van der Waals surface area contributed by atoms with Gasteiger partial charge in [-0.3, -0.25) is 14.2 Å². The van der Waals surface area contributed by atoms with Gasteiger partial charge in [0.2, 0.25) is 11.8 Å². The van der Waals surface area contributed by atoms with Crippen molar-refractivity contribution in [1.82, 2.24) is 20.1 Å². The number of aromatic nitrogens is 3. The number of methoxy groups -OCH3 is 1. The van der Waals surface area contributed by atoms with Gasteiger partial charge in [-0.1, -0.05) is 41.6 Å². The highest BCUT2D eigenvalue weighted by atomic mass is 35.5. The van der Waals surface area contributed by atoms with Gasteiger partial charge in [-0.15, -0.1) is 21.5 Å². The van der Waals surface area contributed by atoms with Gasteiger partial charge in [-0.2, -0.15) is 0 Å². The van der Waals surface area contributed by atoms with E-state index in [4.69, 9.17) is 21.1 Å². The van der Waals surface area contributed by atoms with Crippen LogP contribution in [-0.4, -0.2) is 52.0 Å². The number of fused-ring (bicyclic) bond motifs is 1. The summed E-state index contributed by atoms with van der Waals surface area (Å²) >= 11 is 8.93. The predicted molar refractivity (Wildman–Crippen MR) is 171 cm³/mol. The molecule has 230 valence electrons. The van der Waals surface area contributed by atoms with Gasteiger partial charge in [0.25, 0.3) is 0 Å². The normalized spacial score (nSPS) is 12.3. The average Bonchev–Trinajstić information content (AvgIpc) is 3.60. The number of nitrogens with one attached hydrogen (secondary N) is 2. The Bertz CT molecular complexity index is 1650. The van der Waals surface area contributed by atoms with E-state index in [0.29, 0.717) is 32.3 Å². The van der Waals surface area contributed by atoms with Crippen molar-refractivity contribution in [3.63, 3.8) is 0 Å². The van der Waals surface area contributed by atoms with E-state index >= 15 is 0 Å². The topological polar surface area (TPSA) is 124 Å². The van der Waals surface area contributed by atoms with Crippen molar-refractivity contribution in [1.29, 1.82) is 0 Å². The molecule has 0 fully saturated rings. The molecular formula is C31H32ClN5O5S2. The van der Waals surface area contributed by atoms with Gasteiger partial charge >= 0.3 is 5.97 Å². The molecule has 10 nitrogen and oxygen atoms in total. The SMILES string of the molecule is CCOC(=O)c1c(NC(=O)CSc2nnc(CNC(=O)Cc3ccc(OC)cc3)n2-c2cccc(Cl)c2)sc2c1CCCC2. The van der Waals surface area contributed by atoms with E-state index in [9.17, 15) is 14.4 Å². The highest BCUT2D eigenvalue weighted by molar-refractivity contribution is 7.99. The fourth-order valence-electron chi connectivity index (χ4n) is 4.92. The number of ether oxygens (including phenoxy) is 2. The molecule has 0 aliphatic heterocycles. The number of amides is 2. The molecule has 1 aliphatic rings. The Hall–Kier alpha value is -3.87. The van der Waals surface area contributed by atoms with Crippen LogP contribution in [0, 0.1) is 0 Å². The Morgan fingerprint density at radius 1 is 1.07 bits per heavy atom. The van der Waals surface area contributed by atoms with Gasteiger partial charge in [0.1, 0.15) is 10.8 Å². The molecule has 2 amide bonds. The lowest BCUT2D eigenvalue weighted by atomic mass is 9.95. The van der Waals surface area contributed by atoms with Crippen LogP contribution < -0.4 is 15.4 Å². The van der Waals surface area contributed by atoms with Crippen molar-refractivity contribution < 1.29 is 23.9 Å². The summed E-state index contributed by atoms with van der Waals surface area (Å²) in [4.78, 5) is 39.8. The second-order valence-corrected chi connectivity index (χ2v) is 12.5. The smallest absolute Gasteiger partial charge is 0.341 e. The van der Waals surface area contributed by atoms with Crippen molar-refractivity contribution in [2.24, 2.45) is 0 Å². The first-order valence-electron chi connectivity index (χ1n) is 14.2. The van der Waals surface area contributed by atoms with E-state index < -0.39 is 5.97 Å². The summed E-state index contributed by atoms with van der Waals surface area (Å²) in [7, 11) is 1.59. The Morgan fingerprint density at radius 3 is 2.61 bits per heavy atom. The van der Waals surface area contributed by atoms with Crippen LogP contribution in [-0.2, 0) is 40.1 Å². The molecule has 2 heterocycles. The minimum atomic E-state index is -0.408. The number of carbonyl (C=O) groups is 3. The molecule has 0 atom stereocenters. The Labute approximate surface area is 268 Å². The zero-order valence-corrected chi connectivity index (χ0v) is 26.7. The second-order valence-electron chi connectivity index (χ2n) is 9.99. The van der Waals surface area contributed by atoms with E-state index in [-0.39, 0.29) is 37.1 Å². The summed E-state index contributed by atoms with van der Waals surface area (Å²) in [5.74, 6) is 0.349. The van der Waals surface area contributed by atoms with Gasteiger partial charge in [-0.25, -0.2) is 4.79 Å². The lowest BCUT2D eigenvalue weighted by Crippen LogP contribution is -2.26. The van der Waals surface area contributed by atoms with E-state index in [1.165, 1.54) is 23.1 Å². The minimum Gasteiger partial charge on any atom is -0.497 e. The number of aryl methyl sites for hydroxylation is 1. The van der Waals surface area contributed by atoms with Crippen LogP contribution in [0.15, 0.2) is 53.7 Å². The number of anilines is 1. The molecular weight excluding hydrogens is 622 g/mol. The Kier molecular flexibility index (Phi) is 10.6. The number of rotatable bonds is 12. The lowest BCUT2D eigenvalue weighted by Gasteiger charge is -2.12. The number of thiophene rings is 1. The highest BCUT2D eigenvalue weighted by Crippen LogP contribution is 2.39. The van der Waals surface area contributed by atoms with Crippen LogP contribution >= 0.6 is 34.7 Å². The number of hydrogen-bond acceptors (Lipinski definition) is 9. The lowest BCUT2D eigenvalue weighted by molar-refractivity contribution is -0.120. The van der Waals surface area contributed by atoms with E-state index in [0.717, 1.165) is 47.4 Å². The monoisotopic (exact) mass is 653 g/mol. The summed E-state index contributed by atoms with van der Waals surface area (Å²) < 4.78 is 12.3. The number of hydrogen-bond donors (Lipinski definition) is 2. The second kappa shape index (κ2) is 14.7. The van der Waals surface area contributed by atoms with Gasteiger partial charge < -0.3 is 20.1 Å². The molecule has 0 spiro atoms. The molecule has 44 heavy (non-hydrogen) atoms. The van der Waals surface area contributed by atoms with Crippen LogP contribution in [0.3, 0.4) is 0 Å². The number of benzene rings is 2. The fourth-order valence-corrected chi connectivity index (χ4v) is 7.17. The zero-order valence-electron chi connectivity index (χ0n) is 24.4. The maximum absolute atomic E-state index is 13.1. The first kappa shape index (κ1) is 31.6. The number of carbonyl (C=O) groups excluding carboxylic acids is 3. The van der Waals surface area contributed by atoms with E-state index in [1.54, 1.807) is 36.8 Å². The Balaban J connectivity index is 1.29. The summed E-state index contributed by atoms with van der Waals surface area (Å²) in [5.41, 5.74) is 3.00.